The molecule has 0 radical (unpaired) electrons. The summed E-state index contributed by atoms with van der Waals surface area (Å²) in [4.78, 5) is 28.7. The molecule has 0 aromatic heterocycles. The van der Waals surface area contributed by atoms with Crippen LogP contribution < -0.4 is 10.6 Å². The zero-order chi connectivity index (χ0) is 21.6. The van der Waals surface area contributed by atoms with Crippen molar-refractivity contribution in [3.05, 3.63) is 29.8 Å². The Morgan fingerprint density at radius 3 is 2.37 bits per heavy atom. The van der Waals surface area contributed by atoms with Crippen LogP contribution >= 0.6 is 0 Å². The van der Waals surface area contributed by atoms with Crippen molar-refractivity contribution in [1.29, 1.82) is 0 Å². The number of piperazine rings is 2. The molecule has 166 valence electrons. The molecule has 0 unspecified atom stereocenters. The number of carbonyl (C=O) groups is 2. The van der Waals surface area contributed by atoms with Crippen LogP contribution in [0.4, 0.5) is 0 Å². The molecule has 0 bridgehead atoms. The van der Waals surface area contributed by atoms with Gasteiger partial charge in [-0.1, -0.05) is 6.92 Å². The minimum Gasteiger partial charge on any atom is -0.354 e. The molecule has 2 saturated heterocycles. The third kappa shape index (κ3) is 5.78. The van der Waals surface area contributed by atoms with Crippen molar-refractivity contribution in [3.63, 3.8) is 0 Å². The van der Waals surface area contributed by atoms with Crippen LogP contribution in [0, 0.1) is 0 Å². The lowest BCUT2D eigenvalue weighted by molar-refractivity contribution is -0.122. The first kappa shape index (κ1) is 22.7. The van der Waals surface area contributed by atoms with Crippen molar-refractivity contribution < 1.29 is 18.0 Å². The maximum atomic E-state index is 12.7. The number of nitrogens with zero attached hydrogens (tertiary/aromatic N) is 3. The molecule has 0 aliphatic carbocycles. The van der Waals surface area contributed by atoms with Gasteiger partial charge in [-0.25, -0.2) is 8.42 Å². The van der Waals surface area contributed by atoms with Crippen LogP contribution in [0.2, 0.25) is 0 Å². The quantitative estimate of drug-likeness (QED) is 0.535. The molecule has 2 aliphatic rings. The average molecular weight is 438 g/mol. The Bertz CT molecular complexity index is 835. The van der Waals surface area contributed by atoms with E-state index in [0.717, 1.165) is 50.0 Å². The Balaban J connectivity index is 1.45. The molecule has 2 amide bonds. The highest BCUT2D eigenvalue weighted by atomic mass is 32.2. The lowest BCUT2D eigenvalue weighted by Crippen LogP contribution is -2.49. The summed E-state index contributed by atoms with van der Waals surface area (Å²) in [5.41, 5.74) is 0.418. The molecular formula is C20H31N5O4S. The summed E-state index contributed by atoms with van der Waals surface area (Å²) in [5.74, 6) is -0.528. The Kier molecular flexibility index (Phi) is 7.81. The number of hydrogen-bond acceptors (Lipinski definition) is 6. The number of hydrogen-bond donors (Lipinski definition) is 2. The minimum absolute atomic E-state index is 0.0833. The number of carbonyl (C=O) groups excluding carboxylic acids is 2. The summed E-state index contributed by atoms with van der Waals surface area (Å²) in [6.07, 6.45) is 0.876. The van der Waals surface area contributed by atoms with Crippen LogP contribution in [0.1, 0.15) is 23.7 Å². The van der Waals surface area contributed by atoms with Gasteiger partial charge in [0, 0.05) is 51.4 Å². The summed E-state index contributed by atoms with van der Waals surface area (Å²) >= 11 is 0. The highest BCUT2D eigenvalue weighted by Gasteiger charge is 2.29. The molecule has 2 N–H and O–H groups in total. The molecule has 10 heteroatoms. The van der Waals surface area contributed by atoms with Gasteiger partial charge in [-0.2, -0.15) is 4.31 Å². The standard InChI is InChI=1S/C20H31N5O4S/c1-2-23-12-14-24(15-13-23)10-3-8-22-20(27)17-4-6-18(7-5-17)30(28,29)25-11-9-21-19(26)16-25/h4-7H,2-3,8-16H2,1H3,(H,21,26)(H,22,27). The monoisotopic (exact) mass is 437 g/mol. The molecule has 2 aliphatic heterocycles. The average Bonchev–Trinajstić information content (AvgIpc) is 2.77. The van der Waals surface area contributed by atoms with Crippen LogP contribution in [0.5, 0.6) is 0 Å². The van der Waals surface area contributed by atoms with Gasteiger partial charge in [-0.15, -0.1) is 0 Å². The molecule has 0 atom stereocenters. The first-order valence-electron chi connectivity index (χ1n) is 10.5. The molecule has 1 aromatic carbocycles. The van der Waals surface area contributed by atoms with E-state index in [2.05, 4.69) is 27.4 Å². The van der Waals surface area contributed by atoms with E-state index in [0.29, 0.717) is 18.7 Å². The summed E-state index contributed by atoms with van der Waals surface area (Å²) in [6, 6.07) is 5.86. The number of sulfonamides is 1. The number of nitrogens with one attached hydrogen (secondary N) is 2. The fourth-order valence-corrected chi connectivity index (χ4v) is 5.08. The van der Waals surface area contributed by atoms with Gasteiger partial charge < -0.3 is 20.4 Å². The van der Waals surface area contributed by atoms with Crippen molar-refractivity contribution >= 4 is 21.8 Å². The van der Waals surface area contributed by atoms with E-state index in [1.807, 2.05) is 0 Å². The fraction of sp³-hybridized carbons (Fsp3) is 0.600. The molecule has 30 heavy (non-hydrogen) atoms. The molecule has 9 nitrogen and oxygen atoms in total. The smallest absolute Gasteiger partial charge is 0.251 e. The second-order valence-electron chi connectivity index (χ2n) is 7.60. The Labute approximate surface area is 178 Å². The predicted molar refractivity (Wildman–Crippen MR) is 114 cm³/mol. The molecule has 0 saturated carbocycles. The predicted octanol–water partition coefficient (Wildman–Crippen LogP) is -0.435. The van der Waals surface area contributed by atoms with E-state index < -0.39 is 10.0 Å². The zero-order valence-electron chi connectivity index (χ0n) is 17.5. The Hall–Kier alpha value is -2.01. The van der Waals surface area contributed by atoms with E-state index in [9.17, 15) is 18.0 Å². The molecule has 3 rings (SSSR count). The number of benzene rings is 1. The van der Waals surface area contributed by atoms with Gasteiger partial charge in [-0.3, -0.25) is 9.59 Å². The third-order valence-electron chi connectivity index (χ3n) is 5.61. The van der Waals surface area contributed by atoms with Crippen LogP contribution in [0.25, 0.3) is 0 Å². The lowest BCUT2D eigenvalue weighted by atomic mass is 10.2. The van der Waals surface area contributed by atoms with E-state index in [1.54, 1.807) is 0 Å². The Morgan fingerprint density at radius 2 is 1.73 bits per heavy atom. The van der Waals surface area contributed by atoms with Gasteiger partial charge in [0.2, 0.25) is 15.9 Å². The van der Waals surface area contributed by atoms with Gasteiger partial charge in [0.1, 0.15) is 0 Å². The van der Waals surface area contributed by atoms with Crippen molar-refractivity contribution in [1.82, 2.24) is 24.7 Å². The molecular weight excluding hydrogens is 406 g/mol. The van der Waals surface area contributed by atoms with Crippen molar-refractivity contribution in [2.75, 3.05) is 65.4 Å². The maximum Gasteiger partial charge on any atom is 0.251 e. The Morgan fingerprint density at radius 1 is 1.07 bits per heavy atom. The number of rotatable bonds is 8. The van der Waals surface area contributed by atoms with Gasteiger partial charge in [0.25, 0.3) is 5.91 Å². The first-order valence-corrected chi connectivity index (χ1v) is 11.9. The van der Waals surface area contributed by atoms with Crippen molar-refractivity contribution in [2.24, 2.45) is 0 Å². The van der Waals surface area contributed by atoms with Gasteiger partial charge >= 0.3 is 0 Å². The maximum absolute atomic E-state index is 12.7. The number of likely N-dealkylation sites (N-methyl/N-ethyl adjacent to an activating group) is 1. The first-order chi connectivity index (χ1) is 14.4. The summed E-state index contributed by atoms with van der Waals surface area (Å²) in [7, 11) is -3.74. The van der Waals surface area contributed by atoms with E-state index in [4.69, 9.17) is 0 Å². The second-order valence-corrected chi connectivity index (χ2v) is 9.54. The number of amides is 2. The molecule has 0 spiro atoms. The normalized spacial score (nSPS) is 19.4. The SMILES string of the molecule is CCN1CCN(CCCNC(=O)c2ccc(S(=O)(=O)N3CCNC(=O)C3)cc2)CC1. The second kappa shape index (κ2) is 10.3. The fourth-order valence-electron chi connectivity index (χ4n) is 3.68. The largest absolute Gasteiger partial charge is 0.354 e. The van der Waals surface area contributed by atoms with Crippen LogP contribution in [-0.4, -0.2) is 99.8 Å². The highest BCUT2D eigenvalue weighted by molar-refractivity contribution is 7.89. The van der Waals surface area contributed by atoms with Crippen LogP contribution in [0.15, 0.2) is 29.2 Å². The van der Waals surface area contributed by atoms with Gasteiger partial charge in [-0.05, 0) is 43.8 Å². The van der Waals surface area contributed by atoms with E-state index in [-0.39, 0.29) is 29.8 Å². The van der Waals surface area contributed by atoms with Crippen LogP contribution in [0.3, 0.4) is 0 Å². The summed E-state index contributed by atoms with van der Waals surface area (Å²) < 4.78 is 26.5. The zero-order valence-corrected chi connectivity index (χ0v) is 18.3. The topological polar surface area (TPSA) is 102 Å². The van der Waals surface area contributed by atoms with Crippen molar-refractivity contribution in [3.8, 4) is 0 Å². The van der Waals surface area contributed by atoms with E-state index in [1.165, 1.54) is 24.3 Å². The summed E-state index contributed by atoms with van der Waals surface area (Å²) in [6.45, 7) is 9.49. The van der Waals surface area contributed by atoms with Crippen molar-refractivity contribution in [2.45, 2.75) is 18.2 Å². The molecule has 2 fully saturated rings. The lowest BCUT2D eigenvalue weighted by Gasteiger charge is -2.33. The highest BCUT2D eigenvalue weighted by Crippen LogP contribution is 2.17. The summed E-state index contributed by atoms with van der Waals surface area (Å²) in [5, 5.41) is 5.50. The minimum atomic E-state index is -3.74. The van der Waals surface area contributed by atoms with E-state index >= 15 is 0 Å². The van der Waals surface area contributed by atoms with Gasteiger partial charge in [0.15, 0.2) is 0 Å². The molecule has 1 aromatic rings. The van der Waals surface area contributed by atoms with Gasteiger partial charge in [0.05, 0.1) is 11.4 Å². The molecule has 2 heterocycles. The third-order valence-corrected chi connectivity index (χ3v) is 7.47. The van der Waals surface area contributed by atoms with Crippen LogP contribution in [-0.2, 0) is 14.8 Å².